The first kappa shape index (κ1) is 21.0. The predicted molar refractivity (Wildman–Crippen MR) is 122 cm³/mol. The molecule has 3 aromatic rings. The molecule has 0 atom stereocenters. The van der Waals surface area contributed by atoms with Crippen molar-refractivity contribution in [2.45, 2.75) is 30.6 Å². The quantitative estimate of drug-likeness (QED) is 0.335. The molecular formula is C23H22ClN3OS. The third kappa shape index (κ3) is 6.38. The molecule has 0 radical (unpaired) electrons. The van der Waals surface area contributed by atoms with Gasteiger partial charge in [0.05, 0.1) is 0 Å². The van der Waals surface area contributed by atoms with Crippen molar-refractivity contribution in [1.29, 1.82) is 0 Å². The van der Waals surface area contributed by atoms with Gasteiger partial charge in [0.15, 0.2) is 11.6 Å². The molecule has 2 aromatic carbocycles. The molecule has 1 N–H and O–H groups in total. The van der Waals surface area contributed by atoms with Crippen LogP contribution in [0.4, 0.5) is 5.82 Å². The Morgan fingerprint density at radius 1 is 1.07 bits per heavy atom. The molecule has 0 saturated carbocycles. The van der Waals surface area contributed by atoms with E-state index in [1.807, 2.05) is 87.5 Å². The van der Waals surface area contributed by atoms with Crippen LogP contribution < -0.4 is 10.1 Å². The van der Waals surface area contributed by atoms with Gasteiger partial charge in [-0.1, -0.05) is 53.7 Å². The fraction of sp³-hybridized carbons (Fsp3) is 0.130. The van der Waals surface area contributed by atoms with Gasteiger partial charge in [0.2, 0.25) is 0 Å². The number of pyridine rings is 1. The molecule has 0 bridgehead atoms. The van der Waals surface area contributed by atoms with Crippen molar-refractivity contribution < 1.29 is 4.74 Å². The van der Waals surface area contributed by atoms with Gasteiger partial charge in [0, 0.05) is 32.8 Å². The second-order valence-corrected chi connectivity index (χ2v) is 7.84. The Hall–Kier alpha value is -2.76. The SMILES string of the molecule is C/C=C(/C)N/C(C)=N/c1ncc(Sc2cccc(Cl)c2)cc1Oc1ccccc1. The lowest BCUT2D eigenvalue weighted by atomic mass is 10.3. The maximum Gasteiger partial charge on any atom is 0.197 e. The largest absolute Gasteiger partial charge is 0.453 e. The molecule has 1 heterocycles. The van der Waals surface area contributed by atoms with E-state index in [0.29, 0.717) is 16.6 Å². The molecule has 3 rings (SSSR count). The van der Waals surface area contributed by atoms with Crippen LogP contribution in [-0.4, -0.2) is 10.8 Å². The highest BCUT2D eigenvalue weighted by molar-refractivity contribution is 7.99. The monoisotopic (exact) mass is 423 g/mol. The Labute approximate surface area is 180 Å². The van der Waals surface area contributed by atoms with Crippen LogP contribution in [0.25, 0.3) is 0 Å². The molecule has 0 aliphatic heterocycles. The van der Waals surface area contributed by atoms with Gasteiger partial charge in [-0.15, -0.1) is 0 Å². The van der Waals surface area contributed by atoms with Crippen molar-refractivity contribution in [3.05, 3.63) is 83.7 Å². The fourth-order valence-electron chi connectivity index (χ4n) is 2.46. The first-order valence-electron chi connectivity index (χ1n) is 9.15. The number of hydrogen-bond acceptors (Lipinski definition) is 4. The number of hydrogen-bond donors (Lipinski definition) is 1. The summed E-state index contributed by atoms with van der Waals surface area (Å²) in [5.74, 6) is 2.56. The van der Waals surface area contributed by atoms with Crippen molar-refractivity contribution in [2.24, 2.45) is 4.99 Å². The Morgan fingerprint density at radius 2 is 1.86 bits per heavy atom. The van der Waals surface area contributed by atoms with Gasteiger partial charge in [0.1, 0.15) is 11.6 Å². The summed E-state index contributed by atoms with van der Waals surface area (Å²) in [5.41, 5.74) is 1.02. The minimum Gasteiger partial charge on any atom is -0.453 e. The number of nitrogens with one attached hydrogen (secondary N) is 1. The van der Waals surface area contributed by atoms with E-state index in [0.717, 1.165) is 27.1 Å². The maximum atomic E-state index is 6.10. The Kier molecular flexibility index (Phi) is 7.33. The van der Waals surface area contributed by atoms with Gasteiger partial charge < -0.3 is 10.1 Å². The molecule has 1 aromatic heterocycles. The molecule has 0 unspecified atom stereocenters. The van der Waals surface area contributed by atoms with Gasteiger partial charge in [-0.2, -0.15) is 0 Å². The molecule has 29 heavy (non-hydrogen) atoms. The van der Waals surface area contributed by atoms with Gasteiger partial charge in [-0.3, -0.25) is 0 Å². The van der Waals surface area contributed by atoms with Crippen LogP contribution in [0.3, 0.4) is 0 Å². The zero-order chi connectivity index (χ0) is 20.6. The number of allylic oxidation sites excluding steroid dienone is 2. The van der Waals surface area contributed by atoms with E-state index >= 15 is 0 Å². The van der Waals surface area contributed by atoms with E-state index in [1.165, 1.54) is 0 Å². The molecule has 0 aliphatic rings. The number of rotatable bonds is 6. The Morgan fingerprint density at radius 3 is 2.59 bits per heavy atom. The molecule has 4 nitrogen and oxygen atoms in total. The van der Waals surface area contributed by atoms with Crippen LogP contribution in [0.2, 0.25) is 5.02 Å². The van der Waals surface area contributed by atoms with Crippen LogP contribution in [0.15, 0.2) is 93.4 Å². The summed E-state index contributed by atoms with van der Waals surface area (Å²) in [5, 5.41) is 3.93. The van der Waals surface area contributed by atoms with Crippen LogP contribution in [0.5, 0.6) is 11.5 Å². The topological polar surface area (TPSA) is 46.5 Å². The zero-order valence-electron chi connectivity index (χ0n) is 16.5. The normalized spacial score (nSPS) is 12.0. The number of nitrogens with zero attached hydrogens (tertiary/aromatic N) is 2. The van der Waals surface area contributed by atoms with Gasteiger partial charge >= 0.3 is 0 Å². The number of benzene rings is 2. The van der Waals surface area contributed by atoms with Crippen LogP contribution in [0, 0.1) is 0 Å². The zero-order valence-corrected chi connectivity index (χ0v) is 18.1. The molecule has 6 heteroatoms. The molecule has 0 amide bonds. The van der Waals surface area contributed by atoms with Crippen LogP contribution >= 0.6 is 23.4 Å². The number of ether oxygens (including phenoxy) is 1. The Balaban J connectivity index is 1.93. The predicted octanol–water partition coefficient (Wildman–Crippen LogP) is 7.24. The molecule has 0 spiro atoms. The summed E-state index contributed by atoms with van der Waals surface area (Å²) in [6.45, 7) is 5.85. The Bertz CT molecular complexity index is 1040. The van der Waals surface area contributed by atoms with E-state index in [1.54, 1.807) is 18.0 Å². The average molecular weight is 424 g/mol. The van der Waals surface area contributed by atoms with Crippen molar-refractivity contribution in [1.82, 2.24) is 10.3 Å². The number of aromatic nitrogens is 1. The standard InChI is InChI=1S/C23H22ClN3OS/c1-4-16(2)26-17(3)27-23-22(28-19-10-6-5-7-11-19)14-21(15-25-23)29-20-12-8-9-18(24)13-20/h4-15H,1-3H3,(H,25,26,27)/b16-4-. The van der Waals surface area contributed by atoms with E-state index in [9.17, 15) is 0 Å². The lowest BCUT2D eigenvalue weighted by molar-refractivity contribution is 0.480. The van der Waals surface area contributed by atoms with Crippen molar-refractivity contribution >= 4 is 35.0 Å². The fourth-order valence-corrected chi connectivity index (χ4v) is 3.59. The van der Waals surface area contributed by atoms with E-state index in [-0.39, 0.29) is 0 Å². The molecule has 0 aliphatic carbocycles. The molecular weight excluding hydrogens is 402 g/mol. The van der Waals surface area contributed by atoms with E-state index in [2.05, 4.69) is 15.3 Å². The minimum atomic E-state index is 0.512. The summed E-state index contributed by atoms with van der Waals surface area (Å²) in [6, 6.07) is 19.3. The second-order valence-electron chi connectivity index (χ2n) is 6.26. The first-order valence-corrected chi connectivity index (χ1v) is 10.3. The highest BCUT2D eigenvalue weighted by Gasteiger charge is 2.10. The number of amidine groups is 1. The second kappa shape index (κ2) is 10.1. The third-order valence-corrected chi connectivity index (χ3v) is 5.08. The molecule has 148 valence electrons. The lowest BCUT2D eigenvalue weighted by Crippen LogP contribution is -2.17. The summed E-state index contributed by atoms with van der Waals surface area (Å²) in [4.78, 5) is 11.1. The summed E-state index contributed by atoms with van der Waals surface area (Å²) in [7, 11) is 0. The smallest absolute Gasteiger partial charge is 0.197 e. The van der Waals surface area contributed by atoms with Gasteiger partial charge in [-0.25, -0.2) is 9.98 Å². The highest BCUT2D eigenvalue weighted by Crippen LogP contribution is 2.36. The van der Waals surface area contributed by atoms with Crippen LogP contribution in [0.1, 0.15) is 20.8 Å². The minimum absolute atomic E-state index is 0.512. The summed E-state index contributed by atoms with van der Waals surface area (Å²) in [6.07, 6.45) is 3.77. The van der Waals surface area contributed by atoms with E-state index < -0.39 is 0 Å². The summed E-state index contributed by atoms with van der Waals surface area (Å²) < 4.78 is 6.09. The lowest BCUT2D eigenvalue weighted by Gasteiger charge is -2.11. The maximum absolute atomic E-state index is 6.10. The molecule has 0 fully saturated rings. The number of para-hydroxylation sites is 1. The van der Waals surface area contributed by atoms with Crippen LogP contribution in [-0.2, 0) is 0 Å². The number of halogens is 1. The van der Waals surface area contributed by atoms with Gasteiger partial charge in [0.25, 0.3) is 0 Å². The third-order valence-electron chi connectivity index (χ3n) is 3.90. The van der Waals surface area contributed by atoms with Crippen molar-refractivity contribution in [3.8, 4) is 11.5 Å². The molecule has 0 saturated heterocycles. The van der Waals surface area contributed by atoms with Crippen molar-refractivity contribution in [3.63, 3.8) is 0 Å². The van der Waals surface area contributed by atoms with Crippen molar-refractivity contribution in [2.75, 3.05) is 0 Å². The van der Waals surface area contributed by atoms with Gasteiger partial charge in [-0.05, 0) is 51.1 Å². The summed E-state index contributed by atoms with van der Waals surface area (Å²) >= 11 is 7.67. The first-order chi connectivity index (χ1) is 14.0. The average Bonchev–Trinajstić information content (AvgIpc) is 2.70. The highest BCUT2D eigenvalue weighted by atomic mass is 35.5. The number of aliphatic imine (C=N–C) groups is 1. The van der Waals surface area contributed by atoms with E-state index in [4.69, 9.17) is 16.3 Å².